The number of sulfonamides is 1. The summed E-state index contributed by atoms with van der Waals surface area (Å²) in [6, 6.07) is 2.81. The average molecular weight is 296 g/mol. The first-order valence-corrected chi connectivity index (χ1v) is 7.41. The van der Waals surface area contributed by atoms with Crippen LogP contribution in [-0.4, -0.2) is 25.5 Å². The maximum Gasteiger partial charge on any atom is 0.335 e. The molecule has 0 amide bonds. The van der Waals surface area contributed by atoms with Gasteiger partial charge in [0.25, 0.3) is 0 Å². The highest BCUT2D eigenvalue weighted by molar-refractivity contribution is 7.89. The molecular formula is C13H16N2O4S. The van der Waals surface area contributed by atoms with Gasteiger partial charge in [-0.05, 0) is 24.6 Å². The van der Waals surface area contributed by atoms with Crippen LogP contribution in [-0.2, 0) is 10.0 Å². The second kappa shape index (κ2) is 6.41. The summed E-state index contributed by atoms with van der Waals surface area (Å²) in [6.45, 7) is 1.88. The Morgan fingerprint density at radius 3 is 2.65 bits per heavy atom. The SMILES string of the molecule is C#CC(CCC)NS(=O)(=O)c1ccc(C(=O)O)cc1N. The maximum absolute atomic E-state index is 12.1. The van der Waals surface area contributed by atoms with Crippen molar-refractivity contribution in [2.24, 2.45) is 0 Å². The second-order valence-corrected chi connectivity index (χ2v) is 5.87. The van der Waals surface area contributed by atoms with E-state index in [-0.39, 0.29) is 16.1 Å². The minimum Gasteiger partial charge on any atom is -0.478 e. The van der Waals surface area contributed by atoms with Gasteiger partial charge in [-0.2, -0.15) is 4.72 Å². The van der Waals surface area contributed by atoms with E-state index >= 15 is 0 Å². The summed E-state index contributed by atoms with van der Waals surface area (Å²) in [5, 5.41) is 8.81. The third-order valence-corrected chi connectivity index (χ3v) is 4.17. The van der Waals surface area contributed by atoms with Crippen molar-refractivity contribution in [2.45, 2.75) is 30.7 Å². The number of benzene rings is 1. The number of carboxylic acids is 1. The Morgan fingerprint density at radius 2 is 2.20 bits per heavy atom. The number of anilines is 1. The lowest BCUT2D eigenvalue weighted by atomic mass is 10.2. The van der Waals surface area contributed by atoms with Crippen LogP contribution < -0.4 is 10.5 Å². The molecule has 0 aliphatic rings. The van der Waals surface area contributed by atoms with Crippen LogP contribution in [0.1, 0.15) is 30.1 Å². The lowest BCUT2D eigenvalue weighted by molar-refractivity contribution is 0.0697. The molecule has 6 nitrogen and oxygen atoms in total. The summed E-state index contributed by atoms with van der Waals surface area (Å²) in [5.41, 5.74) is 5.39. The minimum atomic E-state index is -3.88. The van der Waals surface area contributed by atoms with E-state index in [0.717, 1.165) is 18.6 Å². The highest BCUT2D eigenvalue weighted by Gasteiger charge is 2.21. The zero-order valence-corrected chi connectivity index (χ0v) is 11.8. The van der Waals surface area contributed by atoms with Gasteiger partial charge in [-0.15, -0.1) is 6.42 Å². The lowest BCUT2D eigenvalue weighted by Crippen LogP contribution is -2.34. The highest BCUT2D eigenvalue weighted by atomic mass is 32.2. The van der Waals surface area contributed by atoms with Crippen LogP contribution in [0.3, 0.4) is 0 Å². The first kappa shape index (κ1) is 16.0. The van der Waals surface area contributed by atoms with Gasteiger partial charge in [0.2, 0.25) is 10.0 Å². The molecule has 0 heterocycles. The number of nitrogen functional groups attached to an aromatic ring is 1. The van der Waals surface area contributed by atoms with Crippen LogP contribution in [0.4, 0.5) is 5.69 Å². The predicted molar refractivity (Wildman–Crippen MR) is 75.7 cm³/mol. The molecule has 1 aromatic rings. The number of terminal acetylenes is 1. The zero-order valence-electron chi connectivity index (χ0n) is 11.0. The number of aromatic carboxylic acids is 1. The molecule has 7 heteroatoms. The van der Waals surface area contributed by atoms with Gasteiger partial charge < -0.3 is 10.8 Å². The monoisotopic (exact) mass is 296 g/mol. The molecule has 0 aliphatic heterocycles. The van der Waals surface area contributed by atoms with Gasteiger partial charge in [-0.25, -0.2) is 13.2 Å². The van der Waals surface area contributed by atoms with Gasteiger partial charge in [0.15, 0.2) is 0 Å². The van der Waals surface area contributed by atoms with Crippen LogP contribution in [0, 0.1) is 12.3 Å². The molecule has 0 spiro atoms. The molecule has 1 rings (SSSR count). The van der Waals surface area contributed by atoms with E-state index in [0.29, 0.717) is 6.42 Å². The Bertz CT molecular complexity index is 647. The second-order valence-electron chi connectivity index (χ2n) is 4.19. The van der Waals surface area contributed by atoms with Crippen molar-refractivity contribution in [3.63, 3.8) is 0 Å². The van der Waals surface area contributed by atoms with Gasteiger partial charge in [-0.1, -0.05) is 19.3 Å². The lowest BCUT2D eigenvalue weighted by Gasteiger charge is -2.14. The molecule has 1 atom stereocenters. The summed E-state index contributed by atoms with van der Waals surface area (Å²) in [4.78, 5) is 10.6. The molecule has 1 aromatic carbocycles. The van der Waals surface area contributed by atoms with Gasteiger partial charge >= 0.3 is 5.97 Å². The van der Waals surface area contributed by atoms with E-state index in [9.17, 15) is 13.2 Å². The first-order valence-electron chi connectivity index (χ1n) is 5.93. The minimum absolute atomic E-state index is 0.0801. The number of hydrogen-bond donors (Lipinski definition) is 3. The number of rotatable bonds is 6. The molecule has 0 saturated heterocycles. The van der Waals surface area contributed by atoms with Crippen LogP contribution in [0.15, 0.2) is 23.1 Å². The molecule has 0 aliphatic carbocycles. The fourth-order valence-corrected chi connectivity index (χ4v) is 2.95. The van der Waals surface area contributed by atoms with Gasteiger partial charge in [-0.3, -0.25) is 0 Å². The summed E-state index contributed by atoms with van der Waals surface area (Å²) in [5.74, 6) is 1.17. The zero-order chi connectivity index (χ0) is 15.3. The quantitative estimate of drug-likeness (QED) is 0.537. The summed E-state index contributed by atoms with van der Waals surface area (Å²) >= 11 is 0. The molecule has 0 fully saturated rings. The third kappa shape index (κ3) is 3.73. The van der Waals surface area contributed by atoms with Crippen LogP contribution >= 0.6 is 0 Å². The normalized spacial score (nSPS) is 12.6. The van der Waals surface area contributed by atoms with E-state index in [4.69, 9.17) is 17.3 Å². The van der Waals surface area contributed by atoms with Gasteiger partial charge in [0.1, 0.15) is 4.90 Å². The number of carboxylic acid groups (broad SMARTS) is 1. The van der Waals surface area contributed by atoms with Crippen molar-refractivity contribution in [2.75, 3.05) is 5.73 Å². The van der Waals surface area contributed by atoms with E-state index in [1.807, 2.05) is 6.92 Å². The Kier molecular flexibility index (Phi) is 5.13. The fourth-order valence-electron chi connectivity index (χ4n) is 1.64. The molecule has 4 N–H and O–H groups in total. The van der Waals surface area contributed by atoms with Gasteiger partial charge in [0.05, 0.1) is 17.3 Å². The van der Waals surface area contributed by atoms with Crippen molar-refractivity contribution in [3.05, 3.63) is 23.8 Å². The number of hydrogen-bond acceptors (Lipinski definition) is 4. The third-order valence-electron chi connectivity index (χ3n) is 2.62. The van der Waals surface area contributed by atoms with E-state index in [2.05, 4.69) is 10.6 Å². The number of nitrogens with two attached hydrogens (primary N) is 1. The Hall–Kier alpha value is -2.04. The van der Waals surface area contributed by atoms with E-state index in [1.54, 1.807) is 0 Å². The van der Waals surface area contributed by atoms with Crippen LogP contribution in [0.2, 0.25) is 0 Å². The standard InChI is InChI=1S/C13H16N2O4S/c1-3-5-10(4-2)15-20(18,19)12-7-6-9(13(16)17)8-11(12)14/h2,6-8,10,15H,3,5,14H2,1H3,(H,16,17). The molecule has 0 aromatic heterocycles. The number of nitrogens with one attached hydrogen (secondary N) is 1. The van der Waals surface area contributed by atoms with Crippen molar-refractivity contribution in [1.82, 2.24) is 4.72 Å². The highest BCUT2D eigenvalue weighted by Crippen LogP contribution is 2.20. The van der Waals surface area contributed by atoms with Crippen LogP contribution in [0.5, 0.6) is 0 Å². The summed E-state index contributed by atoms with van der Waals surface area (Å²) in [7, 11) is -3.88. The average Bonchev–Trinajstić information content (AvgIpc) is 2.37. The van der Waals surface area contributed by atoms with Crippen molar-refractivity contribution in [1.29, 1.82) is 0 Å². The number of carbonyl (C=O) groups is 1. The van der Waals surface area contributed by atoms with Crippen molar-refractivity contribution >= 4 is 21.7 Å². The summed E-state index contributed by atoms with van der Waals surface area (Å²) < 4.78 is 26.6. The van der Waals surface area contributed by atoms with Crippen molar-refractivity contribution in [3.8, 4) is 12.3 Å². The largest absolute Gasteiger partial charge is 0.478 e. The molecule has 1 unspecified atom stereocenters. The first-order chi connectivity index (χ1) is 9.31. The van der Waals surface area contributed by atoms with Gasteiger partial charge in [0, 0.05) is 0 Å². The Balaban J connectivity index is 3.10. The Labute approximate surface area is 118 Å². The Morgan fingerprint density at radius 1 is 1.55 bits per heavy atom. The van der Waals surface area contributed by atoms with E-state index in [1.165, 1.54) is 6.07 Å². The van der Waals surface area contributed by atoms with Crippen molar-refractivity contribution < 1.29 is 18.3 Å². The fraction of sp³-hybridized carbons (Fsp3) is 0.308. The molecule has 0 saturated carbocycles. The predicted octanol–water partition coefficient (Wildman–Crippen LogP) is 1.05. The summed E-state index contributed by atoms with van der Waals surface area (Å²) in [6.07, 6.45) is 6.49. The molecule has 0 radical (unpaired) electrons. The molecule has 20 heavy (non-hydrogen) atoms. The molecule has 108 valence electrons. The topological polar surface area (TPSA) is 109 Å². The smallest absolute Gasteiger partial charge is 0.335 e. The molecular weight excluding hydrogens is 280 g/mol. The maximum atomic E-state index is 12.1. The van der Waals surface area contributed by atoms with Crippen LogP contribution in [0.25, 0.3) is 0 Å². The molecule has 0 bridgehead atoms. The van der Waals surface area contributed by atoms with E-state index < -0.39 is 22.0 Å².